The van der Waals surface area contributed by atoms with Crippen LogP contribution in [0.15, 0.2) is 67.3 Å². The van der Waals surface area contributed by atoms with Crippen molar-refractivity contribution in [2.45, 2.75) is 13.3 Å². The summed E-state index contributed by atoms with van der Waals surface area (Å²) in [5.74, 6) is 1.40. The highest BCUT2D eigenvalue weighted by molar-refractivity contribution is 5.89. The molecule has 132 valence electrons. The largest absolute Gasteiger partial charge is 0.455 e. The van der Waals surface area contributed by atoms with Gasteiger partial charge in [0.15, 0.2) is 0 Å². The average Bonchev–Trinajstić information content (AvgIpc) is 2.66. The molecule has 2 aromatic heterocycles. The number of benzene rings is 1. The van der Waals surface area contributed by atoms with Gasteiger partial charge in [0.2, 0.25) is 0 Å². The lowest BCUT2D eigenvalue weighted by Crippen LogP contribution is -2.30. The summed E-state index contributed by atoms with van der Waals surface area (Å²) < 4.78 is 5.79. The summed E-state index contributed by atoms with van der Waals surface area (Å²) in [6.45, 7) is 2.48. The molecule has 0 bridgehead atoms. The molecule has 2 amide bonds. The Hall–Kier alpha value is -3.41. The molecular formula is C20H20N4O2. The third kappa shape index (κ3) is 5.04. The van der Waals surface area contributed by atoms with E-state index in [2.05, 4.69) is 20.6 Å². The molecule has 26 heavy (non-hydrogen) atoms. The number of carbonyl (C=O) groups excluding carboxylic acids is 1. The number of nitrogens with one attached hydrogen (secondary N) is 2. The number of carbonyl (C=O) groups is 1. The number of aromatic nitrogens is 2. The van der Waals surface area contributed by atoms with Gasteiger partial charge in [-0.25, -0.2) is 4.79 Å². The number of urea groups is 1. The zero-order valence-electron chi connectivity index (χ0n) is 14.5. The Kier molecular flexibility index (Phi) is 5.77. The molecule has 0 spiro atoms. The van der Waals surface area contributed by atoms with E-state index in [4.69, 9.17) is 4.74 Å². The van der Waals surface area contributed by atoms with Gasteiger partial charge in [0.25, 0.3) is 0 Å². The van der Waals surface area contributed by atoms with Crippen molar-refractivity contribution < 1.29 is 9.53 Å². The minimum atomic E-state index is -0.237. The molecule has 0 radical (unpaired) electrons. The zero-order chi connectivity index (χ0) is 18.2. The molecule has 6 nitrogen and oxygen atoms in total. The first-order chi connectivity index (χ1) is 12.7. The van der Waals surface area contributed by atoms with Crippen molar-refractivity contribution in [3.05, 3.63) is 78.4 Å². The normalized spacial score (nSPS) is 10.2. The molecule has 0 aliphatic rings. The predicted octanol–water partition coefficient (Wildman–Crippen LogP) is 3.94. The quantitative estimate of drug-likeness (QED) is 0.707. The van der Waals surface area contributed by atoms with Crippen molar-refractivity contribution in [3.63, 3.8) is 0 Å². The van der Waals surface area contributed by atoms with Crippen molar-refractivity contribution in [2.24, 2.45) is 0 Å². The summed E-state index contributed by atoms with van der Waals surface area (Å²) in [4.78, 5) is 20.0. The second-order valence-corrected chi connectivity index (χ2v) is 5.76. The van der Waals surface area contributed by atoms with Crippen molar-refractivity contribution >= 4 is 11.7 Å². The Morgan fingerprint density at radius 3 is 2.65 bits per heavy atom. The molecule has 6 heteroatoms. The van der Waals surface area contributed by atoms with Gasteiger partial charge < -0.3 is 15.4 Å². The summed E-state index contributed by atoms with van der Waals surface area (Å²) >= 11 is 0. The molecule has 0 saturated carbocycles. The minimum Gasteiger partial charge on any atom is -0.455 e. The Bertz CT molecular complexity index is 854. The van der Waals surface area contributed by atoms with Gasteiger partial charge >= 0.3 is 6.03 Å². The number of hydrogen-bond donors (Lipinski definition) is 2. The van der Waals surface area contributed by atoms with Gasteiger partial charge in [0.1, 0.15) is 11.5 Å². The van der Waals surface area contributed by atoms with Crippen LogP contribution in [0.1, 0.15) is 11.1 Å². The lowest BCUT2D eigenvalue weighted by Gasteiger charge is -2.11. The standard InChI is InChI=1S/C20H20N4O2/c1-15-13-17(4-5-19(15)26-18-3-2-9-22-14-18)24-20(25)23-12-8-16-6-10-21-11-7-16/h2-7,9-11,13-14H,8,12H2,1H3,(H2,23,24,25). The Morgan fingerprint density at radius 1 is 1.08 bits per heavy atom. The highest BCUT2D eigenvalue weighted by Crippen LogP contribution is 2.26. The van der Waals surface area contributed by atoms with E-state index in [1.165, 1.54) is 0 Å². The van der Waals surface area contributed by atoms with Gasteiger partial charge in [-0.1, -0.05) is 0 Å². The van der Waals surface area contributed by atoms with Gasteiger partial charge in [-0.2, -0.15) is 0 Å². The molecule has 0 atom stereocenters. The number of pyridine rings is 2. The summed E-state index contributed by atoms with van der Waals surface area (Å²) in [6.07, 6.45) is 7.59. The summed E-state index contributed by atoms with van der Waals surface area (Å²) in [5.41, 5.74) is 2.76. The number of rotatable bonds is 6. The number of nitrogens with zero attached hydrogens (tertiary/aromatic N) is 2. The molecule has 3 aromatic rings. The van der Waals surface area contributed by atoms with Crippen molar-refractivity contribution in [1.82, 2.24) is 15.3 Å². The summed E-state index contributed by atoms with van der Waals surface area (Å²) in [6, 6.07) is 12.8. The van der Waals surface area contributed by atoms with E-state index >= 15 is 0 Å². The predicted molar refractivity (Wildman–Crippen MR) is 100 cm³/mol. The van der Waals surface area contributed by atoms with Crippen molar-refractivity contribution in [2.75, 3.05) is 11.9 Å². The molecule has 0 fully saturated rings. The Morgan fingerprint density at radius 2 is 1.92 bits per heavy atom. The van der Waals surface area contributed by atoms with E-state index in [-0.39, 0.29) is 6.03 Å². The van der Waals surface area contributed by atoms with Gasteiger partial charge in [0, 0.05) is 30.8 Å². The van der Waals surface area contributed by atoms with Gasteiger partial charge in [-0.15, -0.1) is 0 Å². The van der Waals surface area contributed by atoms with E-state index < -0.39 is 0 Å². The third-order valence-corrected chi connectivity index (χ3v) is 3.74. The van der Waals surface area contributed by atoms with E-state index in [1.807, 2.05) is 43.3 Å². The van der Waals surface area contributed by atoms with Crippen molar-refractivity contribution in [1.29, 1.82) is 0 Å². The molecule has 0 aliphatic heterocycles. The lowest BCUT2D eigenvalue weighted by atomic mass is 10.2. The van der Waals surface area contributed by atoms with Crippen LogP contribution in [-0.4, -0.2) is 22.5 Å². The van der Waals surface area contributed by atoms with Crippen LogP contribution < -0.4 is 15.4 Å². The minimum absolute atomic E-state index is 0.237. The zero-order valence-corrected chi connectivity index (χ0v) is 14.5. The van der Waals surface area contributed by atoms with Crippen LogP contribution in [0.25, 0.3) is 0 Å². The second kappa shape index (κ2) is 8.62. The maximum Gasteiger partial charge on any atom is 0.319 e. The van der Waals surface area contributed by atoms with Crippen LogP contribution in [0, 0.1) is 6.92 Å². The first kappa shape index (κ1) is 17.4. The monoisotopic (exact) mass is 348 g/mol. The smallest absolute Gasteiger partial charge is 0.319 e. The molecule has 0 saturated heterocycles. The Labute approximate surface area is 152 Å². The van der Waals surface area contributed by atoms with Crippen LogP contribution in [-0.2, 0) is 6.42 Å². The molecule has 2 N–H and O–H groups in total. The highest BCUT2D eigenvalue weighted by atomic mass is 16.5. The van der Waals surface area contributed by atoms with Gasteiger partial charge in [0.05, 0.1) is 6.20 Å². The topological polar surface area (TPSA) is 76.1 Å². The molecule has 2 heterocycles. The number of ether oxygens (including phenoxy) is 1. The maximum absolute atomic E-state index is 12.0. The second-order valence-electron chi connectivity index (χ2n) is 5.76. The average molecular weight is 348 g/mol. The van der Waals surface area contributed by atoms with Gasteiger partial charge in [-0.05, 0) is 66.9 Å². The van der Waals surface area contributed by atoms with E-state index in [1.54, 1.807) is 30.9 Å². The van der Waals surface area contributed by atoms with Crippen LogP contribution in [0.4, 0.5) is 10.5 Å². The molecule has 1 aromatic carbocycles. The molecule has 0 aliphatic carbocycles. The van der Waals surface area contributed by atoms with E-state index in [0.29, 0.717) is 18.0 Å². The summed E-state index contributed by atoms with van der Waals surface area (Å²) in [5, 5.41) is 5.67. The van der Waals surface area contributed by atoms with Gasteiger partial charge in [-0.3, -0.25) is 9.97 Å². The van der Waals surface area contributed by atoms with E-state index in [9.17, 15) is 4.79 Å². The highest BCUT2D eigenvalue weighted by Gasteiger charge is 2.06. The maximum atomic E-state index is 12.0. The lowest BCUT2D eigenvalue weighted by molar-refractivity contribution is 0.252. The number of aryl methyl sites for hydroxylation is 1. The fourth-order valence-electron chi connectivity index (χ4n) is 2.42. The van der Waals surface area contributed by atoms with E-state index in [0.717, 1.165) is 23.3 Å². The first-order valence-electron chi connectivity index (χ1n) is 8.33. The van der Waals surface area contributed by atoms with Crippen LogP contribution in [0.5, 0.6) is 11.5 Å². The summed E-state index contributed by atoms with van der Waals surface area (Å²) in [7, 11) is 0. The third-order valence-electron chi connectivity index (χ3n) is 3.74. The fraction of sp³-hybridized carbons (Fsp3) is 0.150. The van der Waals surface area contributed by atoms with Crippen LogP contribution >= 0.6 is 0 Å². The molecular weight excluding hydrogens is 328 g/mol. The Balaban J connectivity index is 1.51. The fourth-order valence-corrected chi connectivity index (χ4v) is 2.42. The number of amides is 2. The SMILES string of the molecule is Cc1cc(NC(=O)NCCc2ccncc2)ccc1Oc1cccnc1. The molecule has 3 rings (SSSR count). The van der Waals surface area contributed by atoms with Crippen molar-refractivity contribution in [3.8, 4) is 11.5 Å². The van der Waals surface area contributed by atoms with Crippen LogP contribution in [0.3, 0.4) is 0 Å². The number of anilines is 1. The number of hydrogen-bond acceptors (Lipinski definition) is 4. The first-order valence-corrected chi connectivity index (χ1v) is 8.33. The van der Waals surface area contributed by atoms with Crippen LogP contribution in [0.2, 0.25) is 0 Å². The molecule has 0 unspecified atom stereocenters.